The van der Waals surface area contributed by atoms with Gasteiger partial charge < -0.3 is 4.52 Å². The Morgan fingerprint density at radius 2 is 1.92 bits per heavy atom. The summed E-state index contributed by atoms with van der Waals surface area (Å²) in [5.74, 6) is 0.385. The van der Waals surface area contributed by atoms with Crippen LogP contribution in [0.15, 0.2) is 59.1 Å². The van der Waals surface area contributed by atoms with Crippen molar-refractivity contribution >= 4 is 32.6 Å². The quantitative estimate of drug-likeness (QED) is 0.525. The number of thiazole rings is 1. The van der Waals surface area contributed by atoms with E-state index in [1.807, 2.05) is 55.5 Å². The highest BCUT2D eigenvalue weighted by Gasteiger charge is 2.24. The summed E-state index contributed by atoms with van der Waals surface area (Å²) < 4.78 is 6.14. The zero-order chi connectivity index (χ0) is 18.1. The number of hydrogen-bond acceptors (Lipinski definition) is 5. The van der Waals surface area contributed by atoms with Gasteiger partial charge >= 0.3 is 0 Å². The Kier molecular flexibility index (Phi) is 4.26. The minimum atomic E-state index is -0.220. The molecule has 0 radical (unpaired) electrons. The molecule has 6 heteroatoms. The van der Waals surface area contributed by atoms with Crippen LogP contribution in [-0.2, 0) is 6.54 Å². The Balaban J connectivity index is 1.78. The predicted molar refractivity (Wildman–Crippen MR) is 103 cm³/mol. The number of para-hydroxylation sites is 1. The molecule has 0 aliphatic carbocycles. The van der Waals surface area contributed by atoms with Crippen LogP contribution in [-0.4, -0.2) is 16.0 Å². The number of aryl methyl sites for hydroxylation is 2. The molecule has 0 fully saturated rings. The summed E-state index contributed by atoms with van der Waals surface area (Å²) in [6, 6.07) is 17.6. The van der Waals surface area contributed by atoms with Crippen LogP contribution < -0.4 is 4.90 Å². The highest BCUT2D eigenvalue weighted by atomic mass is 32.1. The highest BCUT2D eigenvalue weighted by molar-refractivity contribution is 7.22. The Morgan fingerprint density at radius 3 is 2.62 bits per heavy atom. The molecule has 4 aromatic rings. The van der Waals surface area contributed by atoms with Crippen LogP contribution >= 0.6 is 11.3 Å². The molecule has 0 spiro atoms. The number of aromatic nitrogens is 2. The van der Waals surface area contributed by atoms with Gasteiger partial charge in [0.2, 0.25) is 0 Å². The molecule has 0 saturated carbocycles. The van der Waals surface area contributed by atoms with Crippen LogP contribution in [0.1, 0.15) is 27.4 Å². The van der Waals surface area contributed by atoms with E-state index in [4.69, 9.17) is 9.51 Å². The first-order chi connectivity index (χ1) is 12.6. The van der Waals surface area contributed by atoms with Crippen LogP contribution in [0.2, 0.25) is 0 Å². The third kappa shape index (κ3) is 3.11. The number of rotatable bonds is 4. The molecular weight excluding hydrogens is 346 g/mol. The van der Waals surface area contributed by atoms with Gasteiger partial charge in [0.1, 0.15) is 5.76 Å². The molecular formula is C20H17N3O2S. The smallest absolute Gasteiger partial charge is 0.282 e. The lowest BCUT2D eigenvalue weighted by atomic mass is 10.2. The number of anilines is 1. The first kappa shape index (κ1) is 16.5. The Hall–Kier alpha value is -2.99. The van der Waals surface area contributed by atoms with E-state index in [1.54, 1.807) is 17.9 Å². The van der Waals surface area contributed by atoms with Gasteiger partial charge in [0, 0.05) is 6.07 Å². The summed E-state index contributed by atoms with van der Waals surface area (Å²) in [6.07, 6.45) is 0. The fraction of sp³-hybridized carbons (Fsp3) is 0.150. The van der Waals surface area contributed by atoms with E-state index in [9.17, 15) is 4.79 Å². The van der Waals surface area contributed by atoms with Gasteiger partial charge in [0.15, 0.2) is 10.8 Å². The molecule has 0 bridgehead atoms. The number of fused-ring (bicyclic) bond motifs is 1. The fourth-order valence-electron chi connectivity index (χ4n) is 2.79. The third-order valence-electron chi connectivity index (χ3n) is 4.12. The van der Waals surface area contributed by atoms with Crippen molar-refractivity contribution in [2.75, 3.05) is 4.90 Å². The molecule has 0 N–H and O–H groups in total. The lowest BCUT2D eigenvalue weighted by Gasteiger charge is -2.18. The lowest BCUT2D eigenvalue weighted by Crippen LogP contribution is -2.30. The molecule has 4 rings (SSSR count). The van der Waals surface area contributed by atoms with Crippen molar-refractivity contribution in [3.05, 3.63) is 77.2 Å². The number of benzene rings is 2. The average molecular weight is 363 g/mol. The van der Waals surface area contributed by atoms with Crippen molar-refractivity contribution in [2.24, 2.45) is 0 Å². The largest absolute Gasteiger partial charge is 0.361 e. The number of amides is 1. The SMILES string of the molecule is Cc1cc(C(=O)N(Cc2ccccc2)c2nc3c(C)cccc3s2)no1. The second-order valence-electron chi connectivity index (χ2n) is 6.12. The van der Waals surface area contributed by atoms with Crippen LogP contribution in [0, 0.1) is 13.8 Å². The summed E-state index contributed by atoms with van der Waals surface area (Å²) >= 11 is 1.50. The van der Waals surface area contributed by atoms with E-state index < -0.39 is 0 Å². The zero-order valence-electron chi connectivity index (χ0n) is 14.5. The van der Waals surface area contributed by atoms with Crippen molar-refractivity contribution < 1.29 is 9.32 Å². The van der Waals surface area contributed by atoms with E-state index in [1.165, 1.54) is 11.3 Å². The second kappa shape index (κ2) is 6.72. The monoisotopic (exact) mass is 363 g/mol. The molecule has 0 unspecified atom stereocenters. The first-order valence-corrected chi connectivity index (χ1v) is 9.09. The summed E-state index contributed by atoms with van der Waals surface area (Å²) in [5.41, 5.74) is 3.33. The highest BCUT2D eigenvalue weighted by Crippen LogP contribution is 2.32. The van der Waals surface area contributed by atoms with E-state index >= 15 is 0 Å². The Labute approximate surface area is 154 Å². The van der Waals surface area contributed by atoms with Gasteiger partial charge in [-0.3, -0.25) is 9.69 Å². The minimum Gasteiger partial charge on any atom is -0.361 e. The van der Waals surface area contributed by atoms with Crippen LogP contribution in [0.25, 0.3) is 10.2 Å². The molecule has 0 aliphatic heterocycles. The van der Waals surface area contributed by atoms with Crippen molar-refractivity contribution in [3.8, 4) is 0 Å². The van der Waals surface area contributed by atoms with E-state index in [-0.39, 0.29) is 11.6 Å². The number of hydrogen-bond donors (Lipinski definition) is 0. The maximum absolute atomic E-state index is 13.1. The second-order valence-corrected chi connectivity index (χ2v) is 7.13. The number of carbonyl (C=O) groups excluding carboxylic acids is 1. The van der Waals surface area contributed by atoms with Crippen molar-refractivity contribution in [2.45, 2.75) is 20.4 Å². The lowest BCUT2D eigenvalue weighted by molar-refractivity contribution is 0.0976. The Morgan fingerprint density at radius 1 is 1.12 bits per heavy atom. The standard InChI is InChI=1S/C20H17N3O2S/c1-13-7-6-10-17-18(13)21-20(26-17)23(12-15-8-4-3-5-9-15)19(24)16-11-14(2)25-22-16/h3-11H,12H2,1-2H3. The van der Waals surface area contributed by atoms with E-state index in [0.29, 0.717) is 17.4 Å². The summed E-state index contributed by atoms with van der Waals surface area (Å²) in [6.45, 7) is 4.22. The van der Waals surface area contributed by atoms with Gasteiger partial charge in [0.25, 0.3) is 5.91 Å². The third-order valence-corrected chi connectivity index (χ3v) is 5.16. The molecule has 2 heterocycles. The maximum atomic E-state index is 13.1. The molecule has 130 valence electrons. The minimum absolute atomic E-state index is 0.220. The molecule has 0 saturated heterocycles. The zero-order valence-corrected chi connectivity index (χ0v) is 15.3. The molecule has 26 heavy (non-hydrogen) atoms. The van der Waals surface area contributed by atoms with Crippen LogP contribution in [0.3, 0.4) is 0 Å². The van der Waals surface area contributed by atoms with Gasteiger partial charge in [-0.05, 0) is 31.0 Å². The predicted octanol–water partition coefficient (Wildman–Crippen LogP) is 4.75. The van der Waals surface area contributed by atoms with Gasteiger partial charge in [0.05, 0.1) is 16.8 Å². The first-order valence-electron chi connectivity index (χ1n) is 8.27. The van der Waals surface area contributed by atoms with E-state index in [0.717, 1.165) is 21.3 Å². The fourth-order valence-corrected chi connectivity index (χ4v) is 3.83. The van der Waals surface area contributed by atoms with Crippen molar-refractivity contribution in [1.29, 1.82) is 0 Å². The Bertz CT molecular complexity index is 1070. The van der Waals surface area contributed by atoms with Crippen molar-refractivity contribution in [1.82, 2.24) is 10.1 Å². The van der Waals surface area contributed by atoms with Crippen molar-refractivity contribution in [3.63, 3.8) is 0 Å². The summed E-state index contributed by atoms with van der Waals surface area (Å²) in [5, 5.41) is 4.54. The normalized spacial score (nSPS) is 11.0. The maximum Gasteiger partial charge on any atom is 0.282 e. The van der Waals surface area contributed by atoms with Gasteiger partial charge in [-0.2, -0.15) is 0 Å². The number of carbonyl (C=O) groups is 1. The molecule has 0 aliphatic rings. The number of nitrogens with zero attached hydrogens (tertiary/aromatic N) is 3. The van der Waals surface area contributed by atoms with Gasteiger partial charge in [-0.25, -0.2) is 4.98 Å². The topological polar surface area (TPSA) is 59.2 Å². The molecule has 2 aromatic heterocycles. The molecule has 1 amide bonds. The van der Waals surface area contributed by atoms with E-state index in [2.05, 4.69) is 5.16 Å². The summed E-state index contributed by atoms with van der Waals surface area (Å²) in [4.78, 5) is 19.5. The molecule has 0 atom stereocenters. The molecule has 2 aromatic carbocycles. The van der Waals surface area contributed by atoms with Gasteiger partial charge in [-0.1, -0.05) is 59.0 Å². The summed E-state index contributed by atoms with van der Waals surface area (Å²) in [7, 11) is 0. The molecule has 5 nitrogen and oxygen atoms in total. The van der Waals surface area contributed by atoms with Crippen LogP contribution in [0.4, 0.5) is 5.13 Å². The average Bonchev–Trinajstić information content (AvgIpc) is 3.27. The van der Waals surface area contributed by atoms with Crippen LogP contribution in [0.5, 0.6) is 0 Å². The van der Waals surface area contributed by atoms with Gasteiger partial charge in [-0.15, -0.1) is 0 Å².